The normalized spacial score (nSPS) is 31.4. The standard InChI is InChI=1S/C18H30N2O6/c1-6-19(7-2)14-10-20-9-8-15(24-11(3)21)16(20)18(26-13(5)23)17(14)25-12(4)22/h14-18H,6-10H2,1-5H3/t14-,15-,16+,17+,18+/m0/s1. The third kappa shape index (κ3) is 4.54. The maximum Gasteiger partial charge on any atom is 0.303 e. The van der Waals surface area contributed by atoms with Gasteiger partial charge in [-0.1, -0.05) is 13.8 Å². The van der Waals surface area contributed by atoms with Crippen LogP contribution in [0.1, 0.15) is 41.0 Å². The maximum atomic E-state index is 11.8. The van der Waals surface area contributed by atoms with E-state index in [1.807, 2.05) is 13.8 Å². The number of esters is 3. The van der Waals surface area contributed by atoms with Crippen molar-refractivity contribution >= 4 is 17.9 Å². The average molecular weight is 370 g/mol. The molecular weight excluding hydrogens is 340 g/mol. The van der Waals surface area contributed by atoms with Gasteiger partial charge in [-0.3, -0.25) is 24.2 Å². The summed E-state index contributed by atoms with van der Waals surface area (Å²) < 4.78 is 16.7. The van der Waals surface area contributed by atoms with Gasteiger partial charge in [0.1, 0.15) is 6.10 Å². The van der Waals surface area contributed by atoms with E-state index in [4.69, 9.17) is 14.2 Å². The van der Waals surface area contributed by atoms with Crippen molar-refractivity contribution < 1.29 is 28.6 Å². The van der Waals surface area contributed by atoms with E-state index in [0.29, 0.717) is 13.0 Å². The summed E-state index contributed by atoms with van der Waals surface area (Å²) in [5.41, 5.74) is 0. The van der Waals surface area contributed by atoms with Gasteiger partial charge in [-0.15, -0.1) is 0 Å². The van der Waals surface area contributed by atoms with Crippen LogP contribution in [0.4, 0.5) is 0 Å². The van der Waals surface area contributed by atoms with Gasteiger partial charge >= 0.3 is 17.9 Å². The van der Waals surface area contributed by atoms with Gasteiger partial charge in [0.15, 0.2) is 12.2 Å². The number of hydrogen-bond donors (Lipinski definition) is 0. The Morgan fingerprint density at radius 3 is 1.96 bits per heavy atom. The van der Waals surface area contributed by atoms with Crippen LogP contribution >= 0.6 is 0 Å². The zero-order chi connectivity index (χ0) is 19.4. The van der Waals surface area contributed by atoms with Crippen molar-refractivity contribution in [3.8, 4) is 0 Å². The molecule has 0 spiro atoms. The molecule has 148 valence electrons. The lowest BCUT2D eigenvalue weighted by Crippen LogP contribution is -2.67. The molecule has 2 rings (SSSR count). The van der Waals surface area contributed by atoms with Crippen molar-refractivity contribution in [2.75, 3.05) is 26.2 Å². The summed E-state index contributed by atoms with van der Waals surface area (Å²) in [7, 11) is 0. The van der Waals surface area contributed by atoms with Crippen LogP contribution in [0, 0.1) is 0 Å². The molecule has 2 fully saturated rings. The predicted octanol–water partition coefficient (Wildman–Crippen LogP) is 0.580. The van der Waals surface area contributed by atoms with Crippen LogP contribution in [-0.2, 0) is 28.6 Å². The number of hydrogen-bond acceptors (Lipinski definition) is 8. The Kier molecular flexibility index (Phi) is 7.00. The first-order valence-corrected chi connectivity index (χ1v) is 9.28. The molecule has 2 aliphatic rings. The SMILES string of the molecule is CCN(CC)[C@H]1CN2CC[C@H](OC(C)=O)[C@@H]2[C@@H](OC(C)=O)[C@@H]1OC(C)=O. The number of carbonyl (C=O) groups excluding carboxylic acids is 3. The molecule has 8 heteroatoms. The molecule has 0 amide bonds. The number of rotatable bonds is 6. The maximum absolute atomic E-state index is 11.8. The lowest BCUT2D eigenvalue weighted by atomic mass is 9.89. The number of piperidine rings is 1. The molecule has 0 aromatic heterocycles. The molecular formula is C18H30N2O6. The van der Waals surface area contributed by atoms with Crippen LogP contribution in [0.3, 0.4) is 0 Å². The van der Waals surface area contributed by atoms with Gasteiger partial charge in [0, 0.05) is 33.9 Å². The fourth-order valence-corrected chi connectivity index (χ4v) is 4.26. The van der Waals surface area contributed by atoms with Crippen LogP contribution in [0.25, 0.3) is 0 Å². The highest BCUT2D eigenvalue weighted by Gasteiger charge is 2.54. The molecule has 0 radical (unpaired) electrons. The van der Waals surface area contributed by atoms with Gasteiger partial charge in [-0.05, 0) is 19.5 Å². The van der Waals surface area contributed by atoms with Gasteiger partial charge in [0.05, 0.1) is 12.1 Å². The van der Waals surface area contributed by atoms with Crippen molar-refractivity contribution in [1.82, 2.24) is 9.80 Å². The van der Waals surface area contributed by atoms with Gasteiger partial charge in [0.2, 0.25) is 0 Å². The van der Waals surface area contributed by atoms with Crippen molar-refractivity contribution in [3.05, 3.63) is 0 Å². The number of nitrogens with zero attached hydrogens (tertiary/aromatic N) is 2. The second-order valence-electron chi connectivity index (χ2n) is 6.86. The van der Waals surface area contributed by atoms with Crippen LogP contribution in [-0.4, -0.2) is 84.3 Å². The molecule has 5 atom stereocenters. The van der Waals surface area contributed by atoms with E-state index in [1.54, 1.807) is 0 Å². The molecule has 0 N–H and O–H groups in total. The Morgan fingerprint density at radius 2 is 1.46 bits per heavy atom. The van der Waals surface area contributed by atoms with Crippen molar-refractivity contribution in [2.45, 2.75) is 71.4 Å². The summed E-state index contributed by atoms with van der Waals surface area (Å²) in [6, 6.07) is -0.399. The fourth-order valence-electron chi connectivity index (χ4n) is 4.26. The number of fused-ring (bicyclic) bond motifs is 1. The summed E-state index contributed by atoms with van der Waals surface area (Å²) in [6.45, 7) is 11.1. The summed E-state index contributed by atoms with van der Waals surface area (Å²) >= 11 is 0. The first-order chi connectivity index (χ1) is 12.3. The molecule has 2 saturated heterocycles. The molecule has 0 saturated carbocycles. The summed E-state index contributed by atoms with van der Waals surface area (Å²) in [5.74, 6) is -1.23. The monoisotopic (exact) mass is 370 g/mol. The van der Waals surface area contributed by atoms with Gasteiger partial charge in [-0.2, -0.15) is 0 Å². The first kappa shape index (κ1) is 20.6. The van der Waals surface area contributed by atoms with Crippen LogP contribution in [0.2, 0.25) is 0 Å². The molecule has 0 unspecified atom stereocenters. The van der Waals surface area contributed by atoms with E-state index < -0.39 is 24.1 Å². The third-order valence-electron chi connectivity index (χ3n) is 5.17. The number of carbonyl (C=O) groups is 3. The molecule has 0 aliphatic carbocycles. The highest BCUT2D eigenvalue weighted by Crippen LogP contribution is 2.35. The Labute approximate surface area is 154 Å². The van der Waals surface area contributed by atoms with Gasteiger partial charge in [0.25, 0.3) is 0 Å². The minimum Gasteiger partial charge on any atom is -0.461 e. The smallest absolute Gasteiger partial charge is 0.303 e. The molecule has 2 heterocycles. The second kappa shape index (κ2) is 8.81. The predicted molar refractivity (Wildman–Crippen MR) is 93.3 cm³/mol. The Morgan fingerprint density at radius 1 is 0.923 bits per heavy atom. The van der Waals surface area contributed by atoms with E-state index in [1.165, 1.54) is 20.8 Å². The lowest BCUT2D eigenvalue weighted by Gasteiger charge is -2.49. The summed E-state index contributed by atoms with van der Waals surface area (Å²) in [5, 5.41) is 0. The highest BCUT2D eigenvalue weighted by molar-refractivity contribution is 5.68. The highest BCUT2D eigenvalue weighted by atomic mass is 16.6. The Balaban J connectivity index is 2.38. The second-order valence-corrected chi connectivity index (χ2v) is 6.86. The molecule has 2 aliphatic heterocycles. The third-order valence-corrected chi connectivity index (χ3v) is 5.17. The number of likely N-dealkylation sites (N-methyl/N-ethyl adjacent to an activating group) is 1. The quantitative estimate of drug-likeness (QED) is 0.496. The van der Waals surface area contributed by atoms with Crippen molar-refractivity contribution in [2.24, 2.45) is 0 Å². The van der Waals surface area contributed by atoms with Crippen LogP contribution in [0.15, 0.2) is 0 Å². The minimum atomic E-state index is -0.678. The zero-order valence-electron chi connectivity index (χ0n) is 16.3. The Bertz CT molecular complexity index is 536. The minimum absolute atomic E-state index is 0.0921. The summed E-state index contributed by atoms with van der Waals surface area (Å²) in [6.07, 6.45) is -0.997. The largest absolute Gasteiger partial charge is 0.461 e. The van der Waals surface area contributed by atoms with Gasteiger partial charge in [-0.25, -0.2) is 0 Å². The molecule has 8 nitrogen and oxygen atoms in total. The Hall–Kier alpha value is -1.67. The number of ether oxygens (including phenoxy) is 3. The molecule has 0 aromatic rings. The lowest BCUT2D eigenvalue weighted by molar-refractivity contribution is -0.193. The van der Waals surface area contributed by atoms with Crippen LogP contribution in [0.5, 0.6) is 0 Å². The molecule has 0 aromatic carbocycles. The van der Waals surface area contributed by atoms with E-state index >= 15 is 0 Å². The first-order valence-electron chi connectivity index (χ1n) is 9.28. The zero-order valence-corrected chi connectivity index (χ0v) is 16.3. The topological polar surface area (TPSA) is 85.4 Å². The van der Waals surface area contributed by atoms with Crippen LogP contribution < -0.4 is 0 Å². The average Bonchev–Trinajstić information content (AvgIpc) is 2.92. The van der Waals surface area contributed by atoms with E-state index in [2.05, 4.69) is 9.80 Å². The molecule has 0 bridgehead atoms. The van der Waals surface area contributed by atoms with E-state index in [0.717, 1.165) is 19.6 Å². The summed E-state index contributed by atoms with van der Waals surface area (Å²) in [4.78, 5) is 39.4. The van der Waals surface area contributed by atoms with E-state index in [9.17, 15) is 14.4 Å². The van der Waals surface area contributed by atoms with Crippen molar-refractivity contribution in [1.29, 1.82) is 0 Å². The van der Waals surface area contributed by atoms with Crippen molar-refractivity contribution in [3.63, 3.8) is 0 Å². The fraction of sp³-hybridized carbons (Fsp3) is 0.833. The van der Waals surface area contributed by atoms with Gasteiger partial charge < -0.3 is 14.2 Å². The van der Waals surface area contributed by atoms with E-state index in [-0.39, 0.29) is 24.2 Å². The molecule has 26 heavy (non-hydrogen) atoms.